The Bertz CT molecular complexity index is 646. The van der Waals surface area contributed by atoms with E-state index >= 15 is 0 Å². The summed E-state index contributed by atoms with van der Waals surface area (Å²) in [7, 11) is 0. The zero-order chi connectivity index (χ0) is 15.6. The van der Waals surface area contributed by atoms with Crippen LogP contribution in [-0.2, 0) is 6.42 Å². The lowest BCUT2D eigenvalue weighted by atomic mass is 10.0. The van der Waals surface area contributed by atoms with Crippen molar-refractivity contribution >= 4 is 5.91 Å². The molecule has 5 nitrogen and oxygen atoms in total. The van der Waals surface area contributed by atoms with Gasteiger partial charge in [0.05, 0.1) is 11.8 Å². The molecule has 1 heterocycles. The van der Waals surface area contributed by atoms with Gasteiger partial charge in [-0.1, -0.05) is 6.92 Å². The van der Waals surface area contributed by atoms with E-state index in [0.717, 1.165) is 10.9 Å². The van der Waals surface area contributed by atoms with E-state index in [1.54, 1.807) is 0 Å². The van der Waals surface area contributed by atoms with Crippen LogP contribution in [0.4, 0.5) is 8.78 Å². The molecule has 1 unspecified atom stereocenters. The van der Waals surface area contributed by atoms with Crippen molar-refractivity contribution in [3.8, 4) is 5.69 Å². The minimum atomic E-state index is -0.771. The molecule has 2 rings (SSSR count). The van der Waals surface area contributed by atoms with Crippen molar-refractivity contribution < 1.29 is 13.6 Å². The van der Waals surface area contributed by atoms with Crippen molar-refractivity contribution in [1.29, 1.82) is 0 Å². The number of aromatic nitrogens is 2. The summed E-state index contributed by atoms with van der Waals surface area (Å²) >= 11 is 0. The summed E-state index contributed by atoms with van der Waals surface area (Å²) in [5, 5.41) is 3.75. The van der Waals surface area contributed by atoms with Crippen LogP contribution in [0.15, 0.2) is 24.5 Å². The highest BCUT2D eigenvalue weighted by Gasteiger charge is 2.16. The van der Waals surface area contributed by atoms with E-state index in [9.17, 15) is 13.6 Å². The molecule has 0 saturated carbocycles. The van der Waals surface area contributed by atoms with Crippen molar-refractivity contribution in [3.63, 3.8) is 0 Å². The molecule has 1 aromatic heterocycles. The molecule has 112 valence electrons. The van der Waals surface area contributed by atoms with Gasteiger partial charge in [0.25, 0.3) is 5.91 Å². The predicted octanol–water partition coefficient (Wildman–Crippen LogP) is 1.53. The number of halogens is 2. The molecule has 0 aliphatic carbocycles. The first-order chi connectivity index (χ1) is 9.92. The van der Waals surface area contributed by atoms with Crippen LogP contribution < -0.4 is 11.5 Å². The number of hydrogen-bond donors (Lipinski definition) is 2. The van der Waals surface area contributed by atoms with Gasteiger partial charge >= 0.3 is 0 Å². The van der Waals surface area contributed by atoms with Gasteiger partial charge in [0, 0.05) is 12.2 Å². The predicted molar refractivity (Wildman–Crippen MR) is 74.0 cm³/mol. The third-order valence-electron chi connectivity index (χ3n) is 3.20. The number of carbonyl (C=O) groups is 1. The number of rotatable bonds is 5. The Morgan fingerprint density at radius 3 is 2.48 bits per heavy atom. The number of nitrogens with zero attached hydrogens (tertiary/aromatic N) is 2. The number of nitrogens with two attached hydrogens (primary N) is 2. The molecule has 21 heavy (non-hydrogen) atoms. The van der Waals surface area contributed by atoms with E-state index in [1.807, 2.05) is 6.92 Å². The average molecular weight is 294 g/mol. The van der Waals surface area contributed by atoms with E-state index in [1.165, 1.54) is 18.3 Å². The summed E-state index contributed by atoms with van der Waals surface area (Å²) in [5.41, 5.74) is 11.1. The molecule has 4 N–H and O–H groups in total. The zero-order valence-corrected chi connectivity index (χ0v) is 11.5. The number of hydrogen-bond acceptors (Lipinski definition) is 3. The van der Waals surface area contributed by atoms with Gasteiger partial charge in [-0.15, -0.1) is 0 Å². The summed E-state index contributed by atoms with van der Waals surface area (Å²) in [6.45, 7) is 1.90. The van der Waals surface area contributed by atoms with Gasteiger partial charge in [0.2, 0.25) is 0 Å². The first-order valence-corrected chi connectivity index (χ1v) is 6.50. The maximum atomic E-state index is 14.1. The maximum absolute atomic E-state index is 14.1. The number of primary amides is 1. The minimum absolute atomic E-state index is 0.0749. The quantitative estimate of drug-likeness (QED) is 0.876. The molecule has 1 aromatic carbocycles. The summed E-state index contributed by atoms with van der Waals surface area (Å²) in [6.07, 6.45) is 3.44. The van der Waals surface area contributed by atoms with Crippen LogP contribution in [0.3, 0.4) is 0 Å². The second-order valence-corrected chi connectivity index (χ2v) is 4.82. The number of amides is 1. The fourth-order valence-electron chi connectivity index (χ4n) is 1.97. The first-order valence-electron chi connectivity index (χ1n) is 6.50. The molecule has 0 aliphatic rings. The molecular weight excluding hydrogens is 278 g/mol. The van der Waals surface area contributed by atoms with Gasteiger partial charge in [0.15, 0.2) is 11.6 Å². The van der Waals surface area contributed by atoms with E-state index in [-0.39, 0.29) is 17.3 Å². The Kier molecular flexibility index (Phi) is 4.32. The molecule has 0 saturated heterocycles. The fourth-order valence-corrected chi connectivity index (χ4v) is 1.97. The smallest absolute Gasteiger partial charge is 0.251 e. The van der Waals surface area contributed by atoms with Crippen LogP contribution in [0.2, 0.25) is 0 Å². The Morgan fingerprint density at radius 1 is 1.38 bits per heavy atom. The van der Waals surface area contributed by atoms with E-state index < -0.39 is 17.5 Å². The number of carbonyl (C=O) groups excluding carboxylic acids is 1. The normalized spacial score (nSPS) is 12.4. The third-order valence-corrected chi connectivity index (χ3v) is 3.20. The Morgan fingerprint density at radius 2 is 2.00 bits per heavy atom. The fraction of sp³-hybridized carbons (Fsp3) is 0.286. The summed E-state index contributed by atoms with van der Waals surface area (Å²) in [4.78, 5) is 11.0. The standard InChI is InChI=1S/C14H16F2N4O/c1-2-10(17)3-8-4-11(15)13(12(16)5-8)20-7-9(6-19-20)14(18)21/h4-7,10H,2-3,17H2,1H3,(H2,18,21). The SMILES string of the molecule is CCC(N)Cc1cc(F)c(-n2cc(C(N)=O)cn2)c(F)c1. The third kappa shape index (κ3) is 3.25. The van der Waals surface area contributed by atoms with Gasteiger partial charge in [-0.25, -0.2) is 13.5 Å². The first kappa shape index (κ1) is 15.1. The van der Waals surface area contributed by atoms with Crippen molar-refractivity contribution in [3.05, 3.63) is 47.3 Å². The average Bonchev–Trinajstić information content (AvgIpc) is 2.87. The molecule has 1 atom stereocenters. The molecule has 2 aromatic rings. The van der Waals surface area contributed by atoms with Gasteiger partial charge < -0.3 is 11.5 Å². The molecule has 1 amide bonds. The van der Waals surface area contributed by atoms with Crippen molar-refractivity contribution in [2.45, 2.75) is 25.8 Å². The van der Waals surface area contributed by atoms with Crippen LogP contribution in [0.5, 0.6) is 0 Å². The Labute approximate surface area is 120 Å². The second-order valence-electron chi connectivity index (χ2n) is 4.82. The Hall–Kier alpha value is -2.28. The van der Waals surface area contributed by atoms with Crippen LogP contribution >= 0.6 is 0 Å². The van der Waals surface area contributed by atoms with Crippen molar-refractivity contribution in [1.82, 2.24) is 9.78 Å². The summed E-state index contributed by atoms with van der Waals surface area (Å²) < 4.78 is 29.2. The van der Waals surface area contributed by atoms with Gasteiger partial charge in [-0.05, 0) is 30.5 Å². The lowest BCUT2D eigenvalue weighted by molar-refractivity contribution is 0.100. The van der Waals surface area contributed by atoms with Crippen LogP contribution in [0.1, 0.15) is 29.3 Å². The molecule has 0 fully saturated rings. The molecule has 0 aliphatic heterocycles. The topological polar surface area (TPSA) is 86.9 Å². The van der Waals surface area contributed by atoms with Crippen molar-refractivity contribution in [2.75, 3.05) is 0 Å². The van der Waals surface area contributed by atoms with Crippen LogP contribution in [-0.4, -0.2) is 21.7 Å². The van der Waals surface area contributed by atoms with E-state index in [2.05, 4.69) is 5.10 Å². The van der Waals surface area contributed by atoms with Gasteiger partial charge in [0.1, 0.15) is 5.69 Å². The lowest BCUT2D eigenvalue weighted by Gasteiger charge is -2.11. The van der Waals surface area contributed by atoms with E-state index in [4.69, 9.17) is 11.5 Å². The Balaban J connectivity index is 2.38. The van der Waals surface area contributed by atoms with Gasteiger partial charge in [-0.3, -0.25) is 4.79 Å². The highest BCUT2D eigenvalue weighted by atomic mass is 19.1. The highest BCUT2D eigenvalue weighted by molar-refractivity contribution is 5.92. The van der Waals surface area contributed by atoms with Gasteiger partial charge in [-0.2, -0.15) is 5.10 Å². The summed E-state index contributed by atoms with van der Waals surface area (Å²) in [6, 6.07) is 2.29. The second kappa shape index (κ2) is 6.01. The monoisotopic (exact) mass is 294 g/mol. The lowest BCUT2D eigenvalue weighted by Crippen LogP contribution is -2.21. The number of benzene rings is 1. The van der Waals surface area contributed by atoms with Crippen LogP contribution in [0.25, 0.3) is 5.69 Å². The summed E-state index contributed by atoms with van der Waals surface area (Å²) in [5.74, 6) is -2.26. The zero-order valence-electron chi connectivity index (χ0n) is 11.5. The maximum Gasteiger partial charge on any atom is 0.251 e. The molecule has 7 heteroatoms. The molecular formula is C14H16F2N4O. The molecule has 0 bridgehead atoms. The highest BCUT2D eigenvalue weighted by Crippen LogP contribution is 2.20. The molecule has 0 radical (unpaired) electrons. The van der Waals surface area contributed by atoms with E-state index in [0.29, 0.717) is 18.4 Å². The minimum Gasteiger partial charge on any atom is -0.366 e. The molecule has 0 spiro atoms. The largest absolute Gasteiger partial charge is 0.366 e. The van der Waals surface area contributed by atoms with Crippen molar-refractivity contribution in [2.24, 2.45) is 11.5 Å². The van der Waals surface area contributed by atoms with Crippen LogP contribution in [0, 0.1) is 11.6 Å².